The van der Waals surface area contributed by atoms with Crippen molar-refractivity contribution in [2.45, 2.75) is 17.9 Å². The van der Waals surface area contributed by atoms with Gasteiger partial charge in [-0.1, -0.05) is 47.1 Å². The Hall–Kier alpha value is -2.44. The van der Waals surface area contributed by atoms with Crippen LogP contribution in [-0.2, 0) is 10.5 Å². The van der Waals surface area contributed by atoms with Gasteiger partial charge >= 0.3 is 0 Å². The van der Waals surface area contributed by atoms with Crippen LogP contribution in [0.25, 0.3) is 0 Å². The molecule has 0 radical (unpaired) electrons. The molecule has 0 aliphatic rings. The van der Waals surface area contributed by atoms with E-state index in [0.717, 1.165) is 16.9 Å². The van der Waals surface area contributed by atoms with E-state index in [2.05, 4.69) is 10.5 Å². The van der Waals surface area contributed by atoms with E-state index >= 15 is 0 Å². The number of methoxy groups -OCH3 is 1. The third-order valence-corrected chi connectivity index (χ3v) is 5.40. The van der Waals surface area contributed by atoms with E-state index in [-0.39, 0.29) is 5.91 Å². The summed E-state index contributed by atoms with van der Waals surface area (Å²) in [5, 5.41) is 6.86. The molecule has 3 rings (SSSR count). The second-order valence-corrected chi connectivity index (χ2v) is 7.40. The Labute approximate surface area is 167 Å². The highest BCUT2D eigenvalue weighted by Crippen LogP contribution is 2.35. The highest BCUT2D eigenvalue weighted by molar-refractivity contribution is 7.99. The number of rotatable bonds is 7. The molecule has 7 heteroatoms. The van der Waals surface area contributed by atoms with Gasteiger partial charge in [-0.15, -0.1) is 11.8 Å². The second kappa shape index (κ2) is 8.97. The molecule has 1 amide bonds. The fourth-order valence-corrected chi connectivity index (χ4v) is 3.93. The number of hydrogen-bond donors (Lipinski definition) is 1. The maximum absolute atomic E-state index is 12.9. The number of aromatic nitrogens is 1. The number of hydrogen-bond acceptors (Lipinski definition) is 5. The first-order valence-corrected chi connectivity index (χ1v) is 9.72. The Morgan fingerprint density at radius 1 is 1.26 bits per heavy atom. The molecule has 1 atom stereocenters. The van der Waals surface area contributed by atoms with Gasteiger partial charge in [0.15, 0.2) is 5.82 Å². The average molecular weight is 403 g/mol. The molecular formula is C20H19ClN2O3S. The maximum Gasteiger partial charge on any atom is 0.243 e. The van der Waals surface area contributed by atoms with Gasteiger partial charge in [-0.3, -0.25) is 4.79 Å². The first kappa shape index (κ1) is 19.3. The van der Waals surface area contributed by atoms with Crippen LogP contribution in [0.2, 0.25) is 5.02 Å². The molecule has 1 heterocycles. The van der Waals surface area contributed by atoms with Crippen LogP contribution in [-0.4, -0.2) is 18.2 Å². The predicted molar refractivity (Wildman–Crippen MR) is 108 cm³/mol. The zero-order valence-electron chi connectivity index (χ0n) is 14.9. The Morgan fingerprint density at radius 3 is 2.70 bits per heavy atom. The van der Waals surface area contributed by atoms with Gasteiger partial charge in [0.25, 0.3) is 0 Å². The lowest BCUT2D eigenvalue weighted by Crippen LogP contribution is -2.19. The predicted octanol–water partition coefficient (Wildman–Crippen LogP) is 5.26. The first-order chi connectivity index (χ1) is 13.1. The first-order valence-electron chi connectivity index (χ1n) is 8.30. The summed E-state index contributed by atoms with van der Waals surface area (Å²) in [5.41, 5.74) is 1.84. The minimum absolute atomic E-state index is 0.166. The van der Waals surface area contributed by atoms with Crippen molar-refractivity contribution in [2.75, 3.05) is 12.4 Å². The molecule has 0 aliphatic carbocycles. The molecular weight excluding hydrogens is 384 g/mol. The van der Waals surface area contributed by atoms with Gasteiger partial charge < -0.3 is 14.6 Å². The lowest BCUT2D eigenvalue weighted by Gasteiger charge is -2.17. The number of nitrogens with one attached hydrogen (secondary N) is 1. The fraction of sp³-hybridized carbons (Fsp3) is 0.200. The summed E-state index contributed by atoms with van der Waals surface area (Å²) >= 11 is 7.61. The molecule has 0 aliphatic heterocycles. The number of benzene rings is 2. The van der Waals surface area contributed by atoms with Crippen molar-refractivity contribution in [3.63, 3.8) is 0 Å². The molecule has 5 nitrogen and oxygen atoms in total. The Bertz CT molecular complexity index is 915. The van der Waals surface area contributed by atoms with E-state index in [1.54, 1.807) is 26.2 Å². The molecule has 1 N–H and O–H groups in total. The van der Waals surface area contributed by atoms with Gasteiger partial charge in [0, 0.05) is 22.4 Å². The molecule has 0 fully saturated rings. The highest BCUT2D eigenvalue weighted by atomic mass is 35.5. The summed E-state index contributed by atoms with van der Waals surface area (Å²) < 4.78 is 10.4. The number of carbonyl (C=O) groups is 1. The Morgan fingerprint density at radius 2 is 2.04 bits per heavy atom. The van der Waals surface area contributed by atoms with Crippen LogP contribution in [0.1, 0.15) is 22.1 Å². The van der Waals surface area contributed by atoms with Gasteiger partial charge in [0.1, 0.15) is 16.8 Å². The minimum Gasteiger partial charge on any atom is -0.496 e. The molecule has 0 saturated heterocycles. The third kappa shape index (κ3) is 5.05. The summed E-state index contributed by atoms with van der Waals surface area (Å²) in [6.45, 7) is 1.78. The third-order valence-electron chi connectivity index (χ3n) is 3.87. The van der Waals surface area contributed by atoms with Crippen molar-refractivity contribution in [1.29, 1.82) is 0 Å². The van der Waals surface area contributed by atoms with Gasteiger partial charge in [0.05, 0.1) is 7.11 Å². The maximum atomic E-state index is 12.9. The van der Waals surface area contributed by atoms with E-state index in [4.69, 9.17) is 20.9 Å². The van der Waals surface area contributed by atoms with E-state index < -0.39 is 5.25 Å². The zero-order chi connectivity index (χ0) is 19.2. The molecule has 1 unspecified atom stereocenters. The fourth-order valence-electron chi connectivity index (χ4n) is 2.60. The summed E-state index contributed by atoms with van der Waals surface area (Å²) in [6.07, 6.45) is 0. The Kier molecular flexibility index (Phi) is 6.42. The number of aryl methyl sites for hydroxylation is 1. The number of halogens is 1. The summed E-state index contributed by atoms with van der Waals surface area (Å²) in [4.78, 5) is 12.9. The number of carbonyl (C=O) groups excluding carboxylic acids is 1. The quantitative estimate of drug-likeness (QED) is 0.584. The van der Waals surface area contributed by atoms with Crippen LogP contribution >= 0.6 is 23.4 Å². The van der Waals surface area contributed by atoms with Crippen molar-refractivity contribution in [2.24, 2.45) is 0 Å². The molecule has 27 heavy (non-hydrogen) atoms. The van der Waals surface area contributed by atoms with Crippen LogP contribution in [0, 0.1) is 6.92 Å². The normalized spacial score (nSPS) is 11.8. The Balaban J connectivity index is 1.80. The van der Waals surface area contributed by atoms with Crippen molar-refractivity contribution >= 4 is 35.1 Å². The molecule has 0 saturated carbocycles. The van der Waals surface area contributed by atoms with E-state index in [0.29, 0.717) is 22.4 Å². The van der Waals surface area contributed by atoms with E-state index in [1.807, 2.05) is 42.5 Å². The van der Waals surface area contributed by atoms with Crippen LogP contribution < -0.4 is 10.1 Å². The number of thioether (sulfide) groups is 1. The van der Waals surface area contributed by atoms with Crippen molar-refractivity contribution in [3.8, 4) is 5.75 Å². The standard InChI is InChI=1S/C20H19ClN2O3S/c1-13-10-18(23-26-13)22-20(24)19(14-6-4-3-5-7-14)27-12-15-11-16(21)8-9-17(15)25-2/h3-11,19H,12H2,1-2H3,(H,22,23,24). The van der Waals surface area contributed by atoms with Crippen LogP contribution in [0.3, 0.4) is 0 Å². The number of ether oxygens (including phenoxy) is 1. The van der Waals surface area contributed by atoms with Gasteiger partial charge in [-0.25, -0.2) is 0 Å². The van der Waals surface area contributed by atoms with Crippen molar-refractivity contribution in [3.05, 3.63) is 76.5 Å². The molecule has 2 aromatic carbocycles. The molecule has 3 aromatic rings. The minimum atomic E-state index is -0.424. The number of anilines is 1. The van der Waals surface area contributed by atoms with Crippen molar-refractivity contribution in [1.82, 2.24) is 5.16 Å². The zero-order valence-corrected chi connectivity index (χ0v) is 16.5. The summed E-state index contributed by atoms with van der Waals surface area (Å²) in [6, 6.07) is 16.8. The lowest BCUT2D eigenvalue weighted by atomic mass is 10.1. The number of nitrogens with zero attached hydrogens (tertiary/aromatic N) is 1. The monoisotopic (exact) mass is 402 g/mol. The summed E-state index contributed by atoms with van der Waals surface area (Å²) in [7, 11) is 1.62. The second-order valence-electron chi connectivity index (χ2n) is 5.87. The summed E-state index contributed by atoms with van der Waals surface area (Å²) in [5.74, 6) is 2.18. The van der Waals surface area contributed by atoms with Gasteiger partial charge in [-0.05, 0) is 30.7 Å². The molecule has 1 aromatic heterocycles. The largest absolute Gasteiger partial charge is 0.496 e. The smallest absolute Gasteiger partial charge is 0.243 e. The topological polar surface area (TPSA) is 64.4 Å². The lowest BCUT2D eigenvalue weighted by molar-refractivity contribution is -0.115. The molecule has 0 bridgehead atoms. The number of amides is 1. The van der Waals surface area contributed by atoms with Gasteiger partial charge in [-0.2, -0.15) is 0 Å². The van der Waals surface area contributed by atoms with Crippen molar-refractivity contribution < 1.29 is 14.1 Å². The molecule has 0 spiro atoms. The molecule has 140 valence electrons. The van der Waals surface area contributed by atoms with Gasteiger partial charge in [0.2, 0.25) is 5.91 Å². The van der Waals surface area contributed by atoms with Crippen LogP contribution in [0.15, 0.2) is 59.1 Å². The highest BCUT2D eigenvalue weighted by Gasteiger charge is 2.23. The SMILES string of the molecule is COc1ccc(Cl)cc1CSC(C(=O)Nc1cc(C)on1)c1ccccc1. The van der Waals surface area contributed by atoms with Crippen LogP contribution in [0.4, 0.5) is 5.82 Å². The van der Waals surface area contributed by atoms with E-state index in [1.165, 1.54) is 11.8 Å². The van der Waals surface area contributed by atoms with E-state index in [9.17, 15) is 4.79 Å². The average Bonchev–Trinajstić information content (AvgIpc) is 3.07. The van der Waals surface area contributed by atoms with Crippen LogP contribution in [0.5, 0.6) is 5.75 Å².